The summed E-state index contributed by atoms with van der Waals surface area (Å²) < 4.78 is 0. The smallest absolute Gasteiger partial charge is 0.248 e. The van der Waals surface area contributed by atoms with E-state index >= 15 is 0 Å². The molecule has 3 rings (SSSR count). The Balaban J connectivity index is 1.92. The molecule has 0 atom stereocenters. The van der Waals surface area contributed by atoms with E-state index in [9.17, 15) is 4.79 Å². The number of benzene rings is 1. The van der Waals surface area contributed by atoms with E-state index in [1.54, 1.807) is 6.08 Å². The van der Waals surface area contributed by atoms with E-state index in [-0.39, 0.29) is 5.91 Å². The first-order valence-corrected chi connectivity index (χ1v) is 7.92. The topological polar surface area (TPSA) is 45.2 Å². The SMILES string of the molecule is C/C=C1/CCN(c2nccc3cc(NC(=O)/C=C/C)ccc23)C1. The first-order chi connectivity index (χ1) is 11.2. The maximum Gasteiger partial charge on any atom is 0.248 e. The van der Waals surface area contributed by atoms with Crippen molar-refractivity contribution in [2.45, 2.75) is 20.3 Å². The van der Waals surface area contributed by atoms with Crippen LogP contribution in [0.1, 0.15) is 20.3 Å². The van der Waals surface area contributed by atoms with Crippen LogP contribution in [0.2, 0.25) is 0 Å². The van der Waals surface area contributed by atoms with Crippen LogP contribution in [0.5, 0.6) is 0 Å². The summed E-state index contributed by atoms with van der Waals surface area (Å²) in [5.74, 6) is 0.907. The molecule has 1 N–H and O–H groups in total. The fraction of sp³-hybridized carbons (Fsp3) is 0.263. The lowest BCUT2D eigenvalue weighted by Crippen LogP contribution is -2.19. The van der Waals surface area contributed by atoms with Crippen molar-refractivity contribution in [3.8, 4) is 0 Å². The van der Waals surface area contributed by atoms with Crippen molar-refractivity contribution >= 4 is 28.2 Å². The Morgan fingerprint density at radius 2 is 2.17 bits per heavy atom. The highest BCUT2D eigenvalue weighted by molar-refractivity contribution is 6.02. The predicted octanol–water partition coefficient (Wildman–Crippen LogP) is 3.91. The van der Waals surface area contributed by atoms with Crippen molar-refractivity contribution in [2.75, 3.05) is 23.3 Å². The molecule has 1 amide bonds. The zero-order valence-corrected chi connectivity index (χ0v) is 13.5. The molecule has 4 heteroatoms. The summed E-state index contributed by atoms with van der Waals surface area (Å²) in [6.07, 6.45) is 8.38. The third-order valence-corrected chi connectivity index (χ3v) is 4.13. The largest absolute Gasteiger partial charge is 0.352 e. The van der Waals surface area contributed by atoms with Gasteiger partial charge in [0.15, 0.2) is 0 Å². The Labute approximate surface area is 136 Å². The molecule has 1 aromatic carbocycles. The fourth-order valence-electron chi connectivity index (χ4n) is 2.93. The third-order valence-electron chi connectivity index (χ3n) is 4.13. The Morgan fingerprint density at radius 1 is 1.30 bits per heavy atom. The lowest BCUT2D eigenvalue weighted by atomic mass is 10.1. The number of allylic oxidation sites excluding steroid dienone is 2. The van der Waals surface area contributed by atoms with E-state index in [0.29, 0.717) is 0 Å². The minimum atomic E-state index is -0.113. The fourth-order valence-corrected chi connectivity index (χ4v) is 2.93. The highest BCUT2D eigenvalue weighted by Gasteiger charge is 2.19. The molecule has 1 saturated heterocycles. The van der Waals surface area contributed by atoms with Crippen molar-refractivity contribution in [3.63, 3.8) is 0 Å². The normalized spacial score (nSPS) is 16.6. The molecule has 1 fully saturated rings. The van der Waals surface area contributed by atoms with Gasteiger partial charge < -0.3 is 10.2 Å². The number of amides is 1. The van der Waals surface area contributed by atoms with Gasteiger partial charge in [-0.15, -0.1) is 0 Å². The minimum Gasteiger partial charge on any atom is -0.352 e. The Hall–Kier alpha value is -2.62. The van der Waals surface area contributed by atoms with Crippen LogP contribution in [0.15, 0.2) is 54.3 Å². The lowest BCUT2D eigenvalue weighted by Gasteiger charge is -2.18. The van der Waals surface area contributed by atoms with E-state index in [2.05, 4.69) is 28.2 Å². The average Bonchev–Trinajstić information content (AvgIpc) is 3.03. The molecule has 118 valence electrons. The number of anilines is 2. The predicted molar refractivity (Wildman–Crippen MR) is 95.8 cm³/mol. The van der Waals surface area contributed by atoms with Gasteiger partial charge in [0.05, 0.1) is 0 Å². The van der Waals surface area contributed by atoms with Crippen LogP contribution >= 0.6 is 0 Å². The molecule has 1 aliphatic heterocycles. The molecule has 0 saturated carbocycles. The zero-order chi connectivity index (χ0) is 16.2. The monoisotopic (exact) mass is 307 g/mol. The number of pyridine rings is 1. The molecule has 0 spiro atoms. The van der Waals surface area contributed by atoms with Gasteiger partial charge in [-0.25, -0.2) is 4.98 Å². The zero-order valence-electron chi connectivity index (χ0n) is 13.5. The van der Waals surface area contributed by atoms with Gasteiger partial charge in [0.2, 0.25) is 5.91 Å². The maximum absolute atomic E-state index is 11.7. The summed E-state index contributed by atoms with van der Waals surface area (Å²) in [6.45, 7) is 5.87. The summed E-state index contributed by atoms with van der Waals surface area (Å²) >= 11 is 0. The Bertz CT molecular complexity index is 792. The summed E-state index contributed by atoms with van der Waals surface area (Å²) in [6, 6.07) is 7.95. The maximum atomic E-state index is 11.7. The van der Waals surface area contributed by atoms with E-state index in [1.807, 2.05) is 37.4 Å². The van der Waals surface area contributed by atoms with Gasteiger partial charge in [-0.2, -0.15) is 0 Å². The van der Waals surface area contributed by atoms with Crippen molar-refractivity contribution in [3.05, 3.63) is 54.3 Å². The number of fused-ring (bicyclic) bond motifs is 1. The van der Waals surface area contributed by atoms with Gasteiger partial charge in [0.1, 0.15) is 5.82 Å². The van der Waals surface area contributed by atoms with Crippen LogP contribution in [-0.2, 0) is 4.79 Å². The molecular formula is C19H21N3O. The van der Waals surface area contributed by atoms with E-state index in [0.717, 1.165) is 41.8 Å². The molecule has 0 radical (unpaired) electrons. The summed E-state index contributed by atoms with van der Waals surface area (Å²) in [7, 11) is 0. The number of hydrogen-bond donors (Lipinski definition) is 1. The first kappa shape index (κ1) is 15.3. The molecule has 4 nitrogen and oxygen atoms in total. The van der Waals surface area contributed by atoms with Crippen molar-refractivity contribution in [2.24, 2.45) is 0 Å². The number of nitrogens with zero attached hydrogens (tertiary/aromatic N) is 2. The molecule has 0 unspecified atom stereocenters. The first-order valence-electron chi connectivity index (χ1n) is 7.92. The Morgan fingerprint density at radius 3 is 2.91 bits per heavy atom. The standard InChI is InChI=1S/C19H21N3O/c1-3-5-18(23)21-16-6-7-17-15(12-16)8-10-20-19(17)22-11-9-14(4-2)13-22/h3-8,10,12H,9,11,13H2,1-2H3,(H,21,23)/b5-3+,14-4-. The van der Waals surface area contributed by atoms with Crippen LogP contribution in [0.3, 0.4) is 0 Å². The van der Waals surface area contributed by atoms with Crippen LogP contribution in [0.25, 0.3) is 10.8 Å². The second-order valence-corrected chi connectivity index (χ2v) is 5.68. The third kappa shape index (κ3) is 3.26. The lowest BCUT2D eigenvalue weighted by molar-refractivity contribution is -0.111. The van der Waals surface area contributed by atoms with Gasteiger partial charge in [-0.3, -0.25) is 4.79 Å². The van der Waals surface area contributed by atoms with Gasteiger partial charge in [-0.05, 0) is 56.0 Å². The molecule has 23 heavy (non-hydrogen) atoms. The quantitative estimate of drug-likeness (QED) is 0.691. The van der Waals surface area contributed by atoms with Gasteiger partial charge in [0, 0.05) is 30.4 Å². The summed E-state index contributed by atoms with van der Waals surface area (Å²) in [4.78, 5) is 18.6. The van der Waals surface area contributed by atoms with Crippen molar-refractivity contribution in [1.29, 1.82) is 0 Å². The van der Waals surface area contributed by atoms with E-state index in [1.165, 1.54) is 11.6 Å². The molecule has 2 heterocycles. The van der Waals surface area contributed by atoms with E-state index < -0.39 is 0 Å². The highest BCUT2D eigenvalue weighted by Crippen LogP contribution is 2.30. The highest BCUT2D eigenvalue weighted by atomic mass is 16.1. The Kier molecular flexibility index (Phi) is 4.42. The van der Waals surface area contributed by atoms with Crippen molar-refractivity contribution in [1.82, 2.24) is 4.98 Å². The molecule has 2 aromatic rings. The number of carbonyl (C=O) groups is 1. The van der Waals surface area contributed by atoms with E-state index in [4.69, 9.17) is 0 Å². The summed E-state index contributed by atoms with van der Waals surface area (Å²) in [5, 5.41) is 5.08. The van der Waals surface area contributed by atoms with Crippen molar-refractivity contribution < 1.29 is 4.79 Å². The van der Waals surface area contributed by atoms with Crippen LogP contribution in [-0.4, -0.2) is 24.0 Å². The molecule has 1 aromatic heterocycles. The number of nitrogens with one attached hydrogen (secondary N) is 1. The number of rotatable bonds is 3. The van der Waals surface area contributed by atoms with Gasteiger partial charge in [0.25, 0.3) is 0 Å². The number of aromatic nitrogens is 1. The van der Waals surface area contributed by atoms with Crippen LogP contribution in [0.4, 0.5) is 11.5 Å². The number of hydrogen-bond acceptors (Lipinski definition) is 3. The molecular weight excluding hydrogens is 286 g/mol. The summed E-state index contributed by atoms with van der Waals surface area (Å²) in [5.41, 5.74) is 2.26. The number of carbonyl (C=O) groups excluding carboxylic acids is 1. The molecule has 1 aliphatic rings. The van der Waals surface area contributed by atoms with Gasteiger partial charge in [-0.1, -0.05) is 17.7 Å². The van der Waals surface area contributed by atoms with Crippen LogP contribution < -0.4 is 10.2 Å². The minimum absolute atomic E-state index is 0.113. The average molecular weight is 307 g/mol. The second kappa shape index (κ2) is 6.65. The molecule has 0 aliphatic carbocycles. The molecule has 0 bridgehead atoms. The second-order valence-electron chi connectivity index (χ2n) is 5.68. The van der Waals surface area contributed by atoms with Crippen LogP contribution in [0, 0.1) is 0 Å². The van der Waals surface area contributed by atoms with Gasteiger partial charge >= 0.3 is 0 Å².